The number of likely N-dealkylation sites (tertiary alicyclic amines) is 1. The first-order valence-electron chi connectivity index (χ1n) is 11.3. The zero-order chi connectivity index (χ0) is 21.9. The van der Waals surface area contributed by atoms with Crippen LogP contribution in [0, 0.1) is 5.92 Å². The number of fused-ring (bicyclic) bond motifs is 1. The van der Waals surface area contributed by atoms with Gasteiger partial charge in [-0.1, -0.05) is 18.2 Å². The molecule has 1 saturated heterocycles. The molecule has 4 heterocycles. The molecule has 0 bridgehead atoms. The van der Waals surface area contributed by atoms with Gasteiger partial charge in [0.25, 0.3) is 5.91 Å². The second-order valence-electron chi connectivity index (χ2n) is 9.02. The van der Waals surface area contributed by atoms with Crippen molar-refractivity contribution in [3.63, 3.8) is 0 Å². The van der Waals surface area contributed by atoms with Crippen LogP contribution in [0.15, 0.2) is 36.4 Å². The minimum absolute atomic E-state index is 0.0347. The summed E-state index contributed by atoms with van der Waals surface area (Å²) in [7, 11) is 0. The maximum atomic E-state index is 14.1. The third kappa shape index (κ3) is 2.77. The van der Waals surface area contributed by atoms with E-state index in [4.69, 9.17) is 14.2 Å². The Morgan fingerprint density at radius 3 is 2.75 bits per heavy atom. The number of hydrogen-bond acceptors (Lipinski definition) is 5. The van der Waals surface area contributed by atoms with Gasteiger partial charge in [0, 0.05) is 37.7 Å². The number of rotatable bonds is 3. The van der Waals surface area contributed by atoms with Crippen LogP contribution in [0.2, 0.25) is 0 Å². The summed E-state index contributed by atoms with van der Waals surface area (Å²) < 4.78 is 17.5. The fraction of sp³-hybridized carbons (Fsp3) is 0.440. The Balaban J connectivity index is 1.38. The molecule has 7 nitrogen and oxygen atoms in total. The van der Waals surface area contributed by atoms with Crippen molar-refractivity contribution in [3.05, 3.63) is 53.1 Å². The molecule has 1 unspecified atom stereocenters. The number of ether oxygens (including phenoxy) is 3. The lowest BCUT2D eigenvalue weighted by atomic mass is 9.82. The highest BCUT2D eigenvalue weighted by Gasteiger charge is 2.56. The molecule has 4 aliphatic heterocycles. The molecule has 0 radical (unpaired) electrons. The van der Waals surface area contributed by atoms with Gasteiger partial charge < -0.3 is 24.0 Å². The number of amides is 2. The normalized spacial score (nSPS) is 24.1. The van der Waals surface area contributed by atoms with Gasteiger partial charge >= 0.3 is 0 Å². The van der Waals surface area contributed by atoms with Crippen LogP contribution in [-0.2, 0) is 26.3 Å². The molecule has 2 aromatic rings. The van der Waals surface area contributed by atoms with E-state index in [1.54, 1.807) is 6.92 Å². The molecule has 1 fully saturated rings. The van der Waals surface area contributed by atoms with E-state index in [1.807, 2.05) is 40.1 Å². The van der Waals surface area contributed by atoms with Crippen LogP contribution in [-0.4, -0.2) is 49.7 Å². The Kier molecular flexibility index (Phi) is 4.43. The van der Waals surface area contributed by atoms with E-state index >= 15 is 0 Å². The minimum atomic E-state index is -1.15. The highest BCUT2D eigenvalue weighted by molar-refractivity contribution is 6.10. The predicted molar refractivity (Wildman–Crippen MR) is 117 cm³/mol. The summed E-state index contributed by atoms with van der Waals surface area (Å²) in [6.45, 7) is 4.43. The molecule has 0 saturated carbocycles. The van der Waals surface area contributed by atoms with E-state index in [9.17, 15) is 9.59 Å². The van der Waals surface area contributed by atoms with Gasteiger partial charge in [0.05, 0.1) is 12.3 Å². The molecular weight excluding hydrogens is 408 g/mol. The number of carbonyl (C=O) groups excluding carboxylic acids is 2. The number of carbonyl (C=O) groups is 2. The van der Waals surface area contributed by atoms with Gasteiger partial charge in [-0.05, 0) is 48.9 Å². The summed E-state index contributed by atoms with van der Waals surface area (Å²) in [5.41, 5.74) is 2.71. The Labute approximate surface area is 186 Å². The number of anilines is 1. The standard InChI is InChI=1S/C25H26N2O5/c1-16(28)26-10-7-17(8-11-26)14-27-20-4-2-3-18-9-12-32-25(23(18)20,24(27)29)19-5-6-21-22(13-19)31-15-30-21/h2-6,13,17H,7-12,14-15H2,1H3. The highest BCUT2D eigenvalue weighted by atomic mass is 16.7. The van der Waals surface area contributed by atoms with E-state index in [0.29, 0.717) is 30.6 Å². The van der Waals surface area contributed by atoms with E-state index in [2.05, 4.69) is 6.07 Å². The first-order valence-corrected chi connectivity index (χ1v) is 11.3. The second kappa shape index (κ2) is 7.24. The first kappa shape index (κ1) is 19.6. The fourth-order valence-corrected chi connectivity index (χ4v) is 5.62. The van der Waals surface area contributed by atoms with E-state index < -0.39 is 5.60 Å². The van der Waals surface area contributed by atoms with Crippen LogP contribution in [0.25, 0.3) is 0 Å². The number of nitrogens with zero attached hydrogens (tertiary/aromatic N) is 2. The van der Waals surface area contributed by atoms with Gasteiger partial charge in [-0.3, -0.25) is 9.59 Å². The average Bonchev–Trinajstić information content (AvgIpc) is 3.38. The van der Waals surface area contributed by atoms with E-state index in [-0.39, 0.29) is 18.6 Å². The summed E-state index contributed by atoms with van der Waals surface area (Å²) in [6.07, 6.45) is 2.58. The zero-order valence-corrected chi connectivity index (χ0v) is 18.1. The molecule has 0 N–H and O–H groups in total. The monoisotopic (exact) mass is 434 g/mol. The van der Waals surface area contributed by atoms with Crippen LogP contribution in [0.5, 0.6) is 11.5 Å². The fourth-order valence-electron chi connectivity index (χ4n) is 5.62. The van der Waals surface area contributed by atoms with Gasteiger partial charge in [0.15, 0.2) is 17.1 Å². The maximum Gasteiger partial charge on any atom is 0.268 e. The largest absolute Gasteiger partial charge is 0.454 e. The van der Waals surface area contributed by atoms with Gasteiger partial charge in [0.1, 0.15) is 0 Å². The molecule has 166 valence electrons. The number of benzene rings is 2. The first-order chi connectivity index (χ1) is 15.6. The summed E-state index contributed by atoms with van der Waals surface area (Å²) in [4.78, 5) is 29.6. The van der Waals surface area contributed by atoms with Crippen LogP contribution < -0.4 is 14.4 Å². The molecule has 1 atom stereocenters. The lowest BCUT2D eigenvalue weighted by molar-refractivity contribution is -0.139. The smallest absolute Gasteiger partial charge is 0.268 e. The summed E-state index contributed by atoms with van der Waals surface area (Å²) in [5.74, 6) is 1.77. The topological polar surface area (TPSA) is 68.3 Å². The molecule has 2 aromatic carbocycles. The molecule has 6 rings (SSSR count). The van der Waals surface area contributed by atoms with Crippen molar-refractivity contribution in [3.8, 4) is 11.5 Å². The van der Waals surface area contributed by atoms with E-state index in [0.717, 1.165) is 54.7 Å². The van der Waals surface area contributed by atoms with Crippen molar-refractivity contribution in [1.29, 1.82) is 0 Å². The third-order valence-electron chi connectivity index (χ3n) is 7.29. The molecule has 0 spiro atoms. The van der Waals surface area contributed by atoms with Crippen LogP contribution in [0.1, 0.15) is 36.5 Å². The van der Waals surface area contributed by atoms with Gasteiger partial charge in [-0.25, -0.2) is 0 Å². The van der Waals surface area contributed by atoms with E-state index in [1.165, 1.54) is 0 Å². The summed E-state index contributed by atoms with van der Waals surface area (Å²) in [5, 5.41) is 0. The molecular formula is C25H26N2O5. The lowest BCUT2D eigenvalue weighted by Gasteiger charge is -2.35. The molecule has 0 aliphatic carbocycles. The second-order valence-corrected chi connectivity index (χ2v) is 9.02. The van der Waals surface area contributed by atoms with Crippen molar-refractivity contribution in [2.45, 2.75) is 31.8 Å². The maximum absolute atomic E-state index is 14.1. The summed E-state index contributed by atoms with van der Waals surface area (Å²) in [6, 6.07) is 11.8. The Hall–Kier alpha value is -3.06. The Morgan fingerprint density at radius 1 is 1.12 bits per heavy atom. The van der Waals surface area contributed by atoms with Crippen LogP contribution in [0.3, 0.4) is 0 Å². The van der Waals surface area contributed by atoms with Crippen molar-refractivity contribution in [1.82, 2.24) is 4.90 Å². The summed E-state index contributed by atoms with van der Waals surface area (Å²) >= 11 is 0. The number of hydrogen-bond donors (Lipinski definition) is 0. The predicted octanol–water partition coefficient (Wildman–Crippen LogP) is 2.84. The van der Waals surface area contributed by atoms with Crippen molar-refractivity contribution >= 4 is 17.5 Å². The van der Waals surface area contributed by atoms with Crippen LogP contribution in [0.4, 0.5) is 5.69 Å². The lowest BCUT2D eigenvalue weighted by Crippen LogP contribution is -2.47. The van der Waals surface area contributed by atoms with Crippen molar-refractivity contribution in [2.75, 3.05) is 37.9 Å². The van der Waals surface area contributed by atoms with Gasteiger partial charge in [0.2, 0.25) is 12.7 Å². The Bertz CT molecular complexity index is 1110. The van der Waals surface area contributed by atoms with Crippen molar-refractivity contribution < 1.29 is 23.8 Å². The Morgan fingerprint density at radius 2 is 1.94 bits per heavy atom. The van der Waals surface area contributed by atoms with Crippen molar-refractivity contribution in [2.24, 2.45) is 5.92 Å². The average molecular weight is 434 g/mol. The molecule has 32 heavy (non-hydrogen) atoms. The highest BCUT2D eigenvalue weighted by Crippen LogP contribution is 2.52. The SMILES string of the molecule is CC(=O)N1CCC(CN2C(=O)C3(c4ccc5c(c4)OCO5)OCCc4cccc2c43)CC1. The molecule has 0 aromatic heterocycles. The molecule has 2 amide bonds. The van der Waals surface area contributed by atoms with Gasteiger partial charge in [-0.15, -0.1) is 0 Å². The zero-order valence-electron chi connectivity index (χ0n) is 18.1. The quantitative estimate of drug-likeness (QED) is 0.743. The third-order valence-corrected chi connectivity index (χ3v) is 7.29. The van der Waals surface area contributed by atoms with Crippen LogP contribution >= 0.6 is 0 Å². The number of piperidine rings is 1. The minimum Gasteiger partial charge on any atom is -0.454 e. The molecule has 7 heteroatoms. The molecule has 4 aliphatic rings. The van der Waals surface area contributed by atoms with Gasteiger partial charge in [-0.2, -0.15) is 0 Å².